The number of halogens is 1. The smallest absolute Gasteiger partial charge is 0.223 e. The Bertz CT molecular complexity index is 434. The number of alkyl halides is 1. The third kappa shape index (κ3) is 3.16. The van der Waals surface area contributed by atoms with Crippen molar-refractivity contribution in [3.8, 4) is 5.75 Å². The first-order valence-electron chi connectivity index (χ1n) is 6.25. The molecule has 1 aliphatic rings. The van der Waals surface area contributed by atoms with Gasteiger partial charge < -0.3 is 9.64 Å². The van der Waals surface area contributed by atoms with Crippen LogP contribution in [0.2, 0.25) is 0 Å². The summed E-state index contributed by atoms with van der Waals surface area (Å²) in [6.07, 6.45) is 2.52. The molecule has 1 heterocycles. The topological polar surface area (TPSA) is 29.5 Å². The summed E-state index contributed by atoms with van der Waals surface area (Å²) in [5.41, 5.74) is 2.39. The van der Waals surface area contributed by atoms with E-state index in [9.17, 15) is 4.79 Å². The highest BCUT2D eigenvalue weighted by Gasteiger charge is 2.13. The molecule has 0 saturated carbocycles. The van der Waals surface area contributed by atoms with Crippen LogP contribution in [0.15, 0.2) is 18.2 Å². The van der Waals surface area contributed by atoms with Crippen molar-refractivity contribution in [1.29, 1.82) is 0 Å². The lowest BCUT2D eigenvalue weighted by Crippen LogP contribution is -2.26. The lowest BCUT2D eigenvalue weighted by molar-refractivity contribution is -0.129. The summed E-state index contributed by atoms with van der Waals surface area (Å²) in [5, 5.41) is 0. The zero-order valence-electron chi connectivity index (χ0n) is 10.6. The van der Waals surface area contributed by atoms with E-state index in [1.807, 2.05) is 19.2 Å². The van der Waals surface area contributed by atoms with Gasteiger partial charge in [0.15, 0.2) is 0 Å². The largest absolute Gasteiger partial charge is 0.493 e. The number of carbonyl (C=O) groups is 1. The summed E-state index contributed by atoms with van der Waals surface area (Å²) < 4.78 is 5.57. The fourth-order valence-electron chi connectivity index (χ4n) is 2.15. The summed E-state index contributed by atoms with van der Waals surface area (Å²) in [6, 6.07) is 6.16. The van der Waals surface area contributed by atoms with E-state index < -0.39 is 0 Å². The number of amides is 1. The first-order chi connectivity index (χ1) is 8.70. The monoisotopic (exact) mass is 267 g/mol. The average molecular weight is 268 g/mol. The summed E-state index contributed by atoms with van der Waals surface area (Å²) >= 11 is 5.57. The van der Waals surface area contributed by atoms with E-state index >= 15 is 0 Å². The van der Waals surface area contributed by atoms with Gasteiger partial charge in [-0.3, -0.25) is 4.79 Å². The lowest BCUT2D eigenvalue weighted by Gasteiger charge is -2.20. The Hall–Kier alpha value is -1.22. The first kappa shape index (κ1) is 13.2. The average Bonchev–Trinajstić information content (AvgIpc) is 2.39. The lowest BCUT2D eigenvalue weighted by atomic mass is 10.0. The van der Waals surface area contributed by atoms with E-state index in [0.29, 0.717) is 18.8 Å². The molecule has 18 heavy (non-hydrogen) atoms. The van der Waals surface area contributed by atoms with Crippen molar-refractivity contribution in [2.75, 3.05) is 19.5 Å². The Balaban J connectivity index is 2.03. The van der Waals surface area contributed by atoms with Crippen molar-refractivity contribution < 1.29 is 9.53 Å². The van der Waals surface area contributed by atoms with Gasteiger partial charge in [-0.1, -0.05) is 12.1 Å². The zero-order chi connectivity index (χ0) is 13.0. The third-order valence-corrected chi connectivity index (χ3v) is 3.32. The van der Waals surface area contributed by atoms with E-state index in [2.05, 4.69) is 6.07 Å². The summed E-state index contributed by atoms with van der Waals surface area (Å²) in [7, 11) is 1.81. The summed E-state index contributed by atoms with van der Waals surface area (Å²) in [5.74, 6) is 1.44. The summed E-state index contributed by atoms with van der Waals surface area (Å²) in [6.45, 7) is 1.43. The van der Waals surface area contributed by atoms with Crippen LogP contribution < -0.4 is 4.74 Å². The van der Waals surface area contributed by atoms with E-state index in [1.54, 1.807) is 4.90 Å². The number of hydrogen-bond donors (Lipinski definition) is 0. The fourth-order valence-corrected chi connectivity index (χ4v) is 2.31. The zero-order valence-corrected chi connectivity index (χ0v) is 11.4. The molecule has 1 amide bonds. The Morgan fingerprint density at radius 1 is 1.50 bits per heavy atom. The van der Waals surface area contributed by atoms with Gasteiger partial charge in [-0.25, -0.2) is 0 Å². The Morgan fingerprint density at radius 3 is 3.11 bits per heavy atom. The van der Waals surface area contributed by atoms with Gasteiger partial charge >= 0.3 is 0 Å². The molecule has 0 spiro atoms. The number of fused-ring (bicyclic) bond motifs is 1. The van der Waals surface area contributed by atoms with E-state index in [1.165, 1.54) is 5.56 Å². The van der Waals surface area contributed by atoms with Crippen LogP contribution in [0.3, 0.4) is 0 Å². The van der Waals surface area contributed by atoms with Crippen LogP contribution in [-0.4, -0.2) is 30.3 Å². The highest BCUT2D eigenvalue weighted by Crippen LogP contribution is 2.25. The van der Waals surface area contributed by atoms with Gasteiger partial charge in [0.05, 0.1) is 6.61 Å². The molecule has 1 aliphatic heterocycles. The SMILES string of the molecule is CN(Cc1ccc2c(c1)CCCO2)C(=O)CCCl. The number of hydrogen-bond acceptors (Lipinski definition) is 2. The van der Waals surface area contributed by atoms with Gasteiger partial charge in [0, 0.05) is 25.9 Å². The summed E-state index contributed by atoms with van der Waals surface area (Å²) in [4.78, 5) is 13.4. The van der Waals surface area contributed by atoms with Crippen molar-refractivity contribution in [3.63, 3.8) is 0 Å². The number of ether oxygens (including phenoxy) is 1. The van der Waals surface area contributed by atoms with Crippen LogP contribution >= 0.6 is 11.6 Å². The highest BCUT2D eigenvalue weighted by molar-refractivity contribution is 6.18. The molecule has 0 aromatic heterocycles. The van der Waals surface area contributed by atoms with E-state index in [0.717, 1.165) is 30.8 Å². The molecular weight excluding hydrogens is 250 g/mol. The second kappa shape index (κ2) is 6.10. The predicted molar refractivity (Wildman–Crippen MR) is 72.1 cm³/mol. The van der Waals surface area contributed by atoms with Crippen molar-refractivity contribution in [2.45, 2.75) is 25.8 Å². The third-order valence-electron chi connectivity index (χ3n) is 3.13. The number of nitrogens with zero attached hydrogens (tertiary/aromatic N) is 1. The maximum atomic E-state index is 11.7. The second-order valence-corrected chi connectivity index (χ2v) is 4.96. The quantitative estimate of drug-likeness (QED) is 0.785. The predicted octanol–water partition coefficient (Wildman–Crippen LogP) is 2.60. The normalized spacial score (nSPS) is 13.7. The van der Waals surface area contributed by atoms with Gasteiger partial charge in [-0.05, 0) is 30.0 Å². The molecule has 1 aromatic rings. The van der Waals surface area contributed by atoms with Crippen LogP contribution in [-0.2, 0) is 17.8 Å². The minimum absolute atomic E-state index is 0.0824. The van der Waals surface area contributed by atoms with Crippen molar-refractivity contribution in [2.24, 2.45) is 0 Å². The molecular formula is C14H18ClNO2. The first-order valence-corrected chi connectivity index (χ1v) is 6.78. The molecule has 3 nitrogen and oxygen atoms in total. The van der Waals surface area contributed by atoms with Gasteiger partial charge in [0.1, 0.15) is 5.75 Å². The van der Waals surface area contributed by atoms with Gasteiger partial charge in [-0.15, -0.1) is 11.6 Å². The Labute approximate surface area is 113 Å². The van der Waals surface area contributed by atoms with Crippen LogP contribution in [0.5, 0.6) is 5.75 Å². The van der Waals surface area contributed by atoms with Crippen molar-refractivity contribution in [1.82, 2.24) is 4.90 Å². The van der Waals surface area contributed by atoms with Gasteiger partial charge in [0.25, 0.3) is 0 Å². The maximum absolute atomic E-state index is 11.7. The van der Waals surface area contributed by atoms with E-state index in [-0.39, 0.29) is 5.91 Å². The molecule has 0 radical (unpaired) electrons. The van der Waals surface area contributed by atoms with Crippen molar-refractivity contribution >= 4 is 17.5 Å². The minimum atomic E-state index is 0.0824. The molecule has 1 aromatic carbocycles. The molecule has 2 rings (SSSR count). The second-order valence-electron chi connectivity index (χ2n) is 4.58. The number of benzene rings is 1. The molecule has 0 atom stereocenters. The van der Waals surface area contributed by atoms with Crippen LogP contribution in [0.25, 0.3) is 0 Å². The highest BCUT2D eigenvalue weighted by atomic mass is 35.5. The molecule has 0 fully saturated rings. The minimum Gasteiger partial charge on any atom is -0.493 e. The molecule has 0 aliphatic carbocycles. The molecule has 98 valence electrons. The standard InChI is InChI=1S/C14H18ClNO2/c1-16(14(17)6-7-15)10-11-4-5-13-12(9-11)3-2-8-18-13/h4-5,9H,2-3,6-8,10H2,1H3. The molecule has 0 N–H and O–H groups in total. The van der Waals surface area contributed by atoms with Gasteiger partial charge in [-0.2, -0.15) is 0 Å². The Morgan fingerprint density at radius 2 is 2.33 bits per heavy atom. The van der Waals surface area contributed by atoms with Crippen LogP contribution in [0.4, 0.5) is 0 Å². The number of rotatable bonds is 4. The van der Waals surface area contributed by atoms with Crippen LogP contribution in [0, 0.1) is 0 Å². The van der Waals surface area contributed by atoms with Crippen molar-refractivity contribution in [3.05, 3.63) is 29.3 Å². The Kier molecular flexibility index (Phi) is 4.48. The molecule has 4 heteroatoms. The van der Waals surface area contributed by atoms with Gasteiger partial charge in [0.2, 0.25) is 5.91 Å². The van der Waals surface area contributed by atoms with Crippen LogP contribution in [0.1, 0.15) is 24.0 Å². The molecule has 0 unspecified atom stereocenters. The number of aryl methyl sites for hydroxylation is 1. The van der Waals surface area contributed by atoms with E-state index in [4.69, 9.17) is 16.3 Å². The molecule has 0 saturated heterocycles. The number of carbonyl (C=O) groups excluding carboxylic acids is 1. The fraction of sp³-hybridized carbons (Fsp3) is 0.500. The molecule has 0 bridgehead atoms. The maximum Gasteiger partial charge on any atom is 0.223 e.